The fourth-order valence-electron chi connectivity index (χ4n) is 1.12. The van der Waals surface area contributed by atoms with Crippen molar-refractivity contribution in [3.63, 3.8) is 0 Å². The molecule has 0 spiro atoms. The second-order valence-corrected chi connectivity index (χ2v) is 5.11. The lowest BCUT2D eigenvalue weighted by atomic mass is 10.1. The maximum atomic E-state index is 11.1. The fraction of sp³-hybridized carbons (Fsp3) is 0.111. The van der Waals surface area contributed by atoms with E-state index in [0.29, 0.717) is 0 Å². The van der Waals surface area contributed by atoms with Gasteiger partial charge in [0.25, 0.3) is 0 Å². The van der Waals surface area contributed by atoms with E-state index < -0.39 is 32.9 Å². The van der Waals surface area contributed by atoms with Crippen LogP contribution in [0.4, 0.5) is 0 Å². The summed E-state index contributed by atoms with van der Waals surface area (Å²) in [6, 6.07) is 2.86. The quantitative estimate of drug-likeness (QED) is 0.800. The van der Waals surface area contributed by atoms with Gasteiger partial charge in [0.15, 0.2) is 9.84 Å². The third-order valence-corrected chi connectivity index (χ3v) is 2.99. The second kappa shape index (κ2) is 3.93. The summed E-state index contributed by atoms with van der Waals surface area (Å²) in [5.74, 6) is -2.90. The summed E-state index contributed by atoms with van der Waals surface area (Å²) in [5, 5.41) is 17.4. The number of hydrogen-bond acceptors (Lipinski definition) is 4. The number of carbonyl (C=O) groups is 2. The minimum absolute atomic E-state index is 0.227. The molecule has 16 heavy (non-hydrogen) atoms. The Morgan fingerprint density at radius 2 is 1.56 bits per heavy atom. The summed E-state index contributed by atoms with van der Waals surface area (Å²) in [5.41, 5.74) is -0.990. The zero-order chi connectivity index (χ0) is 12.5. The van der Waals surface area contributed by atoms with E-state index in [4.69, 9.17) is 10.2 Å². The topological polar surface area (TPSA) is 109 Å². The molecule has 6 nitrogen and oxygen atoms in total. The highest BCUT2D eigenvalue weighted by Gasteiger charge is 2.19. The van der Waals surface area contributed by atoms with Crippen LogP contribution in [0.25, 0.3) is 0 Å². The molecule has 0 heterocycles. The SMILES string of the molecule is CS(=O)(=O)c1ccc(C(=O)O)c(C(=O)O)c1. The van der Waals surface area contributed by atoms with Crippen LogP contribution in [0.5, 0.6) is 0 Å². The molecule has 0 radical (unpaired) electrons. The van der Waals surface area contributed by atoms with Gasteiger partial charge in [-0.15, -0.1) is 0 Å². The molecule has 0 aromatic heterocycles. The lowest BCUT2D eigenvalue weighted by Gasteiger charge is -2.03. The average molecular weight is 244 g/mol. The average Bonchev–Trinajstić information content (AvgIpc) is 2.15. The molecule has 2 N–H and O–H groups in total. The number of carboxylic acid groups (broad SMARTS) is 2. The highest BCUT2D eigenvalue weighted by molar-refractivity contribution is 7.90. The van der Waals surface area contributed by atoms with Gasteiger partial charge in [0.05, 0.1) is 16.0 Å². The first-order valence-electron chi connectivity index (χ1n) is 4.04. The number of benzene rings is 1. The fourth-order valence-corrected chi connectivity index (χ4v) is 1.76. The minimum atomic E-state index is -3.56. The zero-order valence-electron chi connectivity index (χ0n) is 8.17. The summed E-state index contributed by atoms with van der Waals surface area (Å²) in [6.07, 6.45) is 0.911. The van der Waals surface area contributed by atoms with Crippen molar-refractivity contribution < 1.29 is 28.2 Å². The van der Waals surface area contributed by atoms with Crippen LogP contribution in [0.15, 0.2) is 23.1 Å². The van der Waals surface area contributed by atoms with Crippen LogP contribution in [0.3, 0.4) is 0 Å². The van der Waals surface area contributed by atoms with Gasteiger partial charge < -0.3 is 10.2 Å². The van der Waals surface area contributed by atoms with Gasteiger partial charge in [-0.1, -0.05) is 0 Å². The van der Waals surface area contributed by atoms with Crippen molar-refractivity contribution in [1.29, 1.82) is 0 Å². The predicted molar refractivity (Wildman–Crippen MR) is 53.5 cm³/mol. The largest absolute Gasteiger partial charge is 0.478 e. The highest BCUT2D eigenvalue weighted by atomic mass is 32.2. The lowest BCUT2D eigenvalue weighted by Crippen LogP contribution is -2.10. The van der Waals surface area contributed by atoms with E-state index in [9.17, 15) is 18.0 Å². The molecule has 86 valence electrons. The van der Waals surface area contributed by atoms with E-state index in [2.05, 4.69) is 0 Å². The molecule has 1 aromatic rings. The van der Waals surface area contributed by atoms with Gasteiger partial charge in [-0.3, -0.25) is 0 Å². The summed E-state index contributed by atoms with van der Waals surface area (Å²) in [7, 11) is -3.56. The summed E-state index contributed by atoms with van der Waals surface area (Å²) in [6.45, 7) is 0. The van der Waals surface area contributed by atoms with Crippen LogP contribution in [0.1, 0.15) is 20.7 Å². The molecule has 1 aromatic carbocycles. The van der Waals surface area contributed by atoms with E-state index in [1.54, 1.807) is 0 Å². The number of carboxylic acids is 2. The van der Waals surface area contributed by atoms with Crippen molar-refractivity contribution in [3.05, 3.63) is 29.3 Å². The molecule has 1 rings (SSSR count). The molecule has 0 aliphatic rings. The third-order valence-electron chi connectivity index (χ3n) is 1.88. The molecular weight excluding hydrogens is 236 g/mol. The number of aromatic carboxylic acids is 2. The molecule has 0 aliphatic heterocycles. The molecule has 0 amide bonds. The number of hydrogen-bond donors (Lipinski definition) is 2. The van der Waals surface area contributed by atoms with Crippen molar-refractivity contribution in [2.24, 2.45) is 0 Å². The first-order valence-corrected chi connectivity index (χ1v) is 5.93. The Bertz CT molecular complexity index is 557. The molecule has 0 saturated heterocycles. The molecule has 0 bridgehead atoms. The third kappa shape index (κ3) is 2.37. The van der Waals surface area contributed by atoms with E-state index >= 15 is 0 Å². The van der Waals surface area contributed by atoms with Crippen LogP contribution in [-0.2, 0) is 9.84 Å². The van der Waals surface area contributed by atoms with Crippen molar-refractivity contribution in [3.8, 4) is 0 Å². The first-order chi connectivity index (χ1) is 7.23. The first kappa shape index (κ1) is 12.2. The smallest absolute Gasteiger partial charge is 0.336 e. The van der Waals surface area contributed by atoms with Gasteiger partial charge in [0, 0.05) is 6.26 Å². The Hall–Kier alpha value is -1.89. The van der Waals surface area contributed by atoms with Gasteiger partial charge in [-0.2, -0.15) is 0 Å². The van der Waals surface area contributed by atoms with Crippen molar-refractivity contribution in [2.45, 2.75) is 4.90 Å². The van der Waals surface area contributed by atoms with E-state index in [1.807, 2.05) is 0 Å². The Kier molecular flexibility index (Phi) is 2.99. The van der Waals surface area contributed by atoms with Crippen LogP contribution < -0.4 is 0 Å². The monoisotopic (exact) mass is 244 g/mol. The van der Waals surface area contributed by atoms with E-state index in [0.717, 1.165) is 24.5 Å². The van der Waals surface area contributed by atoms with E-state index in [1.165, 1.54) is 0 Å². The Morgan fingerprint density at radius 1 is 1.06 bits per heavy atom. The molecule has 0 saturated carbocycles. The highest BCUT2D eigenvalue weighted by Crippen LogP contribution is 2.16. The Morgan fingerprint density at radius 3 is 1.94 bits per heavy atom. The summed E-state index contributed by atoms with van der Waals surface area (Å²) >= 11 is 0. The van der Waals surface area contributed by atoms with Gasteiger partial charge in [0.1, 0.15) is 0 Å². The second-order valence-electron chi connectivity index (χ2n) is 3.09. The van der Waals surface area contributed by atoms with Crippen LogP contribution in [-0.4, -0.2) is 36.8 Å². The molecule has 0 atom stereocenters. The van der Waals surface area contributed by atoms with Crippen molar-refractivity contribution in [1.82, 2.24) is 0 Å². The molecule has 0 unspecified atom stereocenters. The van der Waals surface area contributed by atoms with Gasteiger partial charge in [-0.25, -0.2) is 18.0 Å². The Labute approximate surface area is 91.1 Å². The number of rotatable bonds is 3. The Balaban J connectivity index is 3.52. The predicted octanol–water partition coefficient (Wildman–Crippen LogP) is 0.487. The van der Waals surface area contributed by atoms with Crippen molar-refractivity contribution in [2.75, 3.05) is 6.26 Å². The van der Waals surface area contributed by atoms with Crippen molar-refractivity contribution >= 4 is 21.8 Å². The van der Waals surface area contributed by atoms with Gasteiger partial charge >= 0.3 is 11.9 Å². The van der Waals surface area contributed by atoms with Crippen LogP contribution >= 0.6 is 0 Å². The summed E-state index contributed by atoms with van der Waals surface area (Å²) < 4.78 is 22.3. The molecule has 0 aliphatic carbocycles. The van der Waals surface area contributed by atoms with Gasteiger partial charge in [-0.05, 0) is 18.2 Å². The molecule has 7 heteroatoms. The maximum Gasteiger partial charge on any atom is 0.336 e. The molecule has 0 fully saturated rings. The van der Waals surface area contributed by atoms with Gasteiger partial charge in [0.2, 0.25) is 0 Å². The van der Waals surface area contributed by atoms with E-state index in [-0.39, 0.29) is 4.90 Å². The standard InChI is InChI=1S/C9H8O6S/c1-16(14,15)5-2-3-6(8(10)11)7(4-5)9(12)13/h2-4H,1H3,(H,10,11)(H,12,13). The summed E-state index contributed by atoms with van der Waals surface area (Å²) in [4.78, 5) is 21.2. The minimum Gasteiger partial charge on any atom is -0.478 e. The molecular formula is C9H8O6S. The number of sulfone groups is 1. The van der Waals surface area contributed by atoms with Crippen LogP contribution in [0.2, 0.25) is 0 Å². The maximum absolute atomic E-state index is 11.1. The lowest BCUT2D eigenvalue weighted by molar-refractivity contribution is 0.0651. The van der Waals surface area contributed by atoms with Crippen LogP contribution in [0, 0.1) is 0 Å². The zero-order valence-corrected chi connectivity index (χ0v) is 8.98. The normalized spacial score (nSPS) is 11.1.